The molecule has 1 saturated carbocycles. The van der Waals surface area contributed by atoms with Crippen LogP contribution in [-0.2, 0) is 9.59 Å². The van der Waals surface area contributed by atoms with Crippen molar-refractivity contribution in [1.82, 2.24) is 10.1 Å². The Kier molecular flexibility index (Phi) is 3.44. The zero-order valence-electron chi connectivity index (χ0n) is 12.0. The van der Waals surface area contributed by atoms with Gasteiger partial charge in [-0.05, 0) is 25.7 Å². The van der Waals surface area contributed by atoms with Gasteiger partial charge in [0.15, 0.2) is 0 Å². The fourth-order valence-electron chi connectivity index (χ4n) is 3.67. The molecule has 7 heteroatoms. The fraction of sp³-hybridized carbons (Fsp3) is 0.643. The van der Waals surface area contributed by atoms with Crippen molar-refractivity contribution in [3.8, 4) is 0 Å². The molecule has 2 aliphatic rings. The molecule has 0 spiro atoms. The lowest BCUT2D eigenvalue weighted by Gasteiger charge is -2.23. The molecule has 114 valence electrons. The Morgan fingerprint density at radius 1 is 1.62 bits per heavy atom. The predicted octanol–water partition coefficient (Wildman–Crippen LogP) is 1.11. The Bertz CT molecular complexity index is 570. The SMILES string of the molecule is Cc1cc(NC(=O)CN2C[C@@H]3CCC[C@@]3(C(=O)O)C2)on1. The first kappa shape index (κ1) is 14.1. The van der Waals surface area contributed by atoms with Crippen molar-refractivity contribution in [2.45, 2.75) is 26.2 Å². The Morgan fingerprint density at radius 2 is 2.43 bits per heavy atom. The van der Waals surface area contributed by atoms with Crippen LogP contribution in [0.5, 0.6) is 0 Å². The third-order valence-electron chi connectivity index (χ3n) is 4.63. The molecule has 2 heterocycles. The van der Waals surface area contributed by atoms with E-state index in [1.165, 1.54) is 0 Å². The molecule has 0 aromatic carbocycles. The van der Waals surface area contributed by atoms with Crippen LogP contribution in [0, 0.1) is 18.3 Å². The van der Waals surface area contributed by atoms with Crippen LogP contribution in [0.2, 0.25) is 0 Å². The van der Waals surface area contributed by atoms with Crippen LogP contribution in [0.4, 0.5) is 5.88 Å². The minimum absolute atomic E-state index is 0.162. The summed E-state index contributed by atoms with van der Waals surface area (Å²) in [5, 5.41) is 15.9. The molecule has 2 N–H and O–H groups in total. The van der Waals surface area contributed by atoms with Crippen LogP contribution in [0.25, 0.3) is 0 Å². The molecule has 2 fully saturated rings. The number of nitrogens with one attached hydrogen (secondary N) is 1. The van der Waals surface area contributed by atoms with E-state index in [-0.39, 0.29) is 18.4 Å². The van der Waals surface area contributed by atoms with E-state index in [0.29, 0.717) is 31.1 Å². The van der Waals surface area contributed by atoms with E-state index < -0.39 is 11.4 Å². The molecule has 3 rings (SSSR count). The van der Waals surface area contributed by atoms with Crippen LogP contribution in [0.15, 0.2) is 10.6 Å². The van der Waals surface area contributed by atoms with E-state index in [1.54, 1.807) is 13.0 Å². The lowest BCUT2D eigenvalue weighted by atomic mass is 9.81. The molecule has 0 unspecified atom stereocenters. The number of likely N-dealkylation sites (tertiary alicyclic amines) is 1. The molecular formula is C14H19N3O4. The third kappa shape index (κ3) is 2.53. The average Bonchev–Trinajstić information content (AvgIpc) is 3.03. The average molecular weight is 293 g/mol. The lowest BCUT2D eigenvalue weighted by Crippen LogP contribution is -2.37. The summed E-state index contributed by atoms with van der Waals surface area (Å²) in [4.78, 5) is 25.5. The summed E-state index contributed by atoms with van der Waals surface area (Å²) in [6.07, 6.45) is 2.62. The first-order valence-corrected chi connectivity index (χ1v) is 7.18. The summed E-state index contributed by atoms with van der Waals surface area (Å²) in [7, 11) is 0. The van der Waals surface area contributed by atoms with E-state index in [9.17, 15) is 14.7 Å². The smallest absolute Gasteiger partial charge is 0.311 e. The van der Waals surface area contributed by atoms with E-state index >= 15 is 0 Å². The number of fused-ring (bicyclic) bond motifs is 1. The van der Waals surface area contributed by atoms with Crippen LogP contribution >= 0.6 is 0 Å². The van der Waals surface area contributed by atoms with Crippen LogP contribution in [0.1, 0.15) is 25.0 Å². The number of aromatic nitrogens is 1. The molecular weight excluding hydrogens is 274 g/mol. The van der Waals surface area contributed by atoms with Crippen molar-refractivity contribution in [2.75, 3.05) is 25.0 Å². The van der Waals surface area contributed by atoms with Gasteiger partial charge in [0.2, 0.25) is 11.8 Å². The second-order valence-electron chi connectivity index (χ2n) is 6.10. The highest BCUT2D eigenvalue weighted by atomic mass is 16.5. The van der Waals surface area contributed by atoms with E-state index in [2.05, 4.69) is 10.5 Å². The molecule has 1 saturated heterocycles. The van der Waals surface area contributed by atoms with Crippen molar-refractivity contribution in [1.29, 1.82) is 0 Å². The molecule has 0 bridgehead atoms. The number of carboxylic acid groups (broad SMARTS) is 1. The highest BCUT2D eigenvalue weighted by Gasteiger charge is 2.54. The predicted molar refractivity (Wildman–Crippen MR) is 73.7 cm³/mol. The maximum atomic E-state index is 12.0. The van der Waals surface area contributed by atoms with Gasteiger partial charge in [0.25, 0.3) is 0 Å². The van der Waals surface area contributed by atoms with Crippen LogP contribution in [-0.4, -0.2) is 46.7 Å². The molecule has 0 radical (unpaired) electrons. The molecule has 21 heavy (non-hydrogen) atoms. The van der Waals surface area contributed by atoms with Gasteiger partial charge in [-0.25, -0.2) is 0 Å². The monoisotopic (exact) mass is 293 g/mol. The van der Waals surface area contributed by atoms with E-state index in [0.717, 1.165) is 12.8 Å². The number of carbonyl (C=O) groups is 2. The molecule has 7 nitrogen and oxygen atoms in total. The van der Waals surface area contributed by atoms with Crippen molar-refractivity contribution < 1.29 is 19.2 Å². The Labute approximate surface area is 122 Å². The van der Waals surface area contributed by atoms with Gasteiger partial charge < -0.3 is 9.63 Å². The summed E-state index contributed by atoms with van der Waals surface area (Å²) in [5.74, 6) is -0.439. The molecule has 1 aromatic heterocycles. The summed E-state index contributed by atoms with van der Waals surface area (Å²) in [5.41, 5.74) is 0.0502. The zero-order chi connectivity index (χ0) is 15.0. The van der Waals surface area contributed by atoms with Gasteiger partial charge in [-0.3, -0.25) is 19.8 Å². The first-order valence-electron chi connectivity index (χ1n) is 7.18. The zero-order valence-corrected chi connectivity index (χ0v) is 12.0. The number of amides is 1. The number of aryl methyl sites for hydroxylation is 1. The molecule has 1 aromatic rings. The number of anilines is 1. The lowest BCUT2D eigenvalue weighted by molar-refractivity contribution is -0.149. The quantitative estimate of drug-likeness (QED) is 0.863. The molecule has 1 aliphatic carbocycles. The first-order chi connectivity index (χ1) is 9.99. The highest BCUT2D eigenvalue weighted by Crippen LogP contribution is 2.48. The fourth-order valence-corrected chi connectivity index (χ4v) is 3.67. The molecule has 2 atom stereocenters. The Morgan fingerprint density at radius 3 is 3.05 bits per heavy atom. The standard InChI is InChI=1S/C14H19N3O4/c1-9-5-12(21-16-9)15-11(18)7-17-6-10-3-2-4-14(10,8-17)13(19)20/h5,10H,2-4,6-8H2,1H3,(H,15,18)(H,19,20)/t10-,14+/m0/s1. The van der Waals surface area contributed by atoms with Crippen molar-refractivity contribution >= 4 is 17.8 Å². The summed E-state index contributed by atoms with van der Waals surface area (Å²) in [6.45, 7) is 3.09. The molecule has 1 amide bonds. The van der Waals surface area contributed by atoms with Gasteiger partial charge >= 0.3 is 5.97 Å². The van der Waals surface area contributed by atoms with Crippen molar-refractivity contribution in [3.63, 3.8) is 0 Å². The summed E-state index contributed by atoms with van der Waals surface area (Å²) in [6, 6.07) is 1.65. The number of carboxylic acids is 1. The highest BCUT2D eigenvalue weighted by molar-refractivity contribution is 5.91. The summed E-state index contributed by atoms with van der Waals surface area (Å²) >= 11 is 0. The van der Waals surface area contributed by atoms with Gasteiger partial charge in [-0.15, -0.1) is 0 Å². The van der Waals surface area contributed by atoms with Gasteiger partial charge in [0, 0.05) is 19.2 Å². The van der Waals surface area contributed by atoms with Crippen LogP contribution in [0.3, 0.4) is 0 Å². The minimum Gasteiger partial charge on any atom is -0.481 e. The van der Waals surface area contributed by atoms with Gasteiger partial charge in [-0.2, -0.15) is 0 Å². The summed E-state index contributed by atoms with van der Waals surface area (Å²) < 4.78 is 4.94. The number of hydrogen-bond donors (Lipinski definition) is 2. The topological polar surface area (TPSA) is 95.7 Å². The van der Waals surface area contributed by atoms with Crippen molar-refractivity contribution in [3.05, 3.63) is 11.8 Å². The number of aliphatic carboxylic acids is 1. The van der Waals surface area contributed by atoms with Gasteiger partial charge in [0.1, 0.15) is 0 Å². The Hall–Kier alpha value is -1.89. The third-order valence-corrected chi connectivity index (χ3v) is 4.63. The normalized spacial score (nSPS) is 28.5. The molecule has 1 aliphatic heterocycles. The maximum absolute atomic E-state index is 12.0. The van der Waals surface area contributed by atoms with E-state index in [1.807, 2.05) is 4.90 Å². The maximum Gasteiger partial charge on any atom is 0.311 e. The Balaban J connectivity index is 1.59. The minimum atomic E-state index is -0.723. The van der Waals surface area contributed by atoms with E-state index in [4.69, 9.17) is 4.52 Å². The number of hydrogen-bond acceptors (Lipinski definition) is 5. The van der Waals surface area contributed by atoms with Crippen LogP contribution < -0.4 is 5.32 Å². The van der Waals surface area contributed by atoms with Crippen molar-refractivity contribution in [2.24, 2.45) is 11.3 Å². The second kappa shape index (κ2) is 5.14. The number of nitrogens with zero attached hydrogens (tertiary/aromatic N) is 2. The largest absolute Gasteiger partial charge is 0.481 e. The van der Waals surface area contributed by atoms with Gasteiger partial charge in [0.05, 0.1) is 17.7 Å². The number of rotatable bonds is 4. The van der Waals surface area contributed by atoms with Gasteiger partial charge in [-0.1, -0.05) is 11.6 Å². The number of carbonyl (C=O) groups excluding carboxylic acids is 1. The second-order valence-corrected chi connectivity index (χ2v) is 6.10.